The average molecular weight is 588 g/mol. The normalized spacial score (nSPS) is 13.3. The van der Waals surface area contributed by atoms with Gasteiger partial charge in [-0.25, -0.2) is 18.9 Å². The summed E-state index contributed by atoms with van der Waals surface area (Å²) < 4.78 is 23.8. The summed E-state index contributed by atoms with van der Waals surface area (Å²) in [6.07, 6.45) is 3.17. The van der Waals surface area contributed by atoms with Crippen LogP contribution in [0.5, 0.6) is 11.5 Å². The summed E-state index contributed by atoms with van der Waals surface area (Å²) in [4.78, 5) is 45.2. The number of hydrogen-bond donors (Lipinski definition) is 2. The Hall–Kier alpha value is -4.77. The van der Waals surface area contributed by atoms with E-state index >= 15 is 4.39 Å². The molecule has 2 amide bonds. The van der Waals surface area contributed by atoms with Gasteiger partial charge in [0, 0.05) is 37.5 Å². The Kier molecular flexibility index (Phi) is 8.45. The van der Waals surface area contributed by atoms with Gasteiger partial charge in [-0.05, 0) is 69.5 Å². The molecule has 2 aromatic carbocycles. The van der Waals surface area contributed by atoms with Gasteiger partial charge in [0.15, 0.2) is 17.3 Å². The lowest BCUT2D eigenvalue weighted by molar-refractivity contribution is 0.0546. The van der Waals surface area contributed by atoms with Crippen LogP contribution in [0.15, 0.2) is 71.7 Å². The van der Waals surface area contributed by atoms with Crippen LogP contribution in [-0.4, -0.2) is 54.9 Å². The molecule has 1 aliphatic heterocycles. The summed E-state index contributed by atoms with van der Waals surface area (Å²) in [5.74, 6) is -0.673. The summed E-state index contributed by atoms with van der Waals surface area (Å²) in [6.45, 7) is 6.37. The number of nitrogens with one attached hydrogen (secondary N) is 1. The third-order valence-electron chi connectivity index (χ3n) is 7.16. The zero-order chi connectivity index (χ0) is 30.7. The minimum absolute atomic E-state index is 0.0193. The minimum atomic E-state index is -1.15. The molecule has 10 nitrogen and oxygen atoms in total. The number of para-hydroxylation sites is 1. The maximum Gasteiger partial charge on any atom is 0.323 e. The molecule has 2 N–H and O–H groups in total. The second-order valence-corrected chi connectivity index (χ2v) is 11.3. The third-order valence-corrected chi connectivity index (χ3v) is 7.16. The van der Waals surface area contributed by atoms with Gasteiger partial charge in [0.2, 0.25) is 0 Å². The number of carbonyl (C=O) groups excluding carboxylic acids is 2. The molecule has 0 saturated carbocycles. The Bertz CT molecular complexity index is 1700. The minimum Gasteiger partial charge on any atom is -0.454 e. The molecular formula is C32H34FN5O5. The molecule has 0 aliphatic carbocycles. The molecule has 224 valence electrons. The molecule has 5 rings (SSSR count). The lowest BCUT2D eigenvalue weighted by atomic mass is 10.0. The van der Waals surface area contributed by atoms with Crippen molar-refractivity contribution < 1.29 is 23.8 Å². The topological polar surface area (TPSA) is 119 Å². The van der Waals surface area contributed by atoms with Crippen molar-refractivity contribution in [1.82, 2.24) is 19.2 Å². The maximum atomic E-state index is 15.1. The first-order valence-corrected chi connectivity index (χ1v) is 14.1. The first kappa shape index (κ1) is 29.7. The highest BCUT2D eigenvalue weighted by Gasteiger charge is 2.27. The predicted octanol–water partition coefficient (Wildman–Crippen LogP) is 5.10. The molecule has 1 aliphatic rings. The smallest absolute Gasteiger partial charge is 0.323 e. The number of nitrogens with zero attached hydrogens (tertiary/aromatic N) is 4. The van der Waals surface area contributed by atoms with Crippen molar-refractivity contribution in [1.29, 1.82) is 0 Å². The number of aliphatic hydroxyl groups is 1. The number of hydrogen-bond acceptors (Lipinski definition) is 6. The summed E-state index contributed by atoms with van der Waals surface area (Å²) in [7, 11) is 0. The van der Waals surface area contributed by atoms with Crippen molar-refractivity contribution in [3.63, 3.8) is 0 Å². The Morgan fingerprint density at radius 3 is 2.47 bits per heavy atom. The summed E-state index contributed by atoms with van der Waals surface area (Å²) in [5, 5.41) is 13.2. The Labute approximate surface area is 248 Å². The quantitative estimate of drug-likeness (QED) is 0.263. The van der Waals surface area contributed by atoms with Crippen LogP contribution in [-0.2, 0) is 13.0 Å². The number of ketones is 1. The van der Waals surface area contributed by atoms with E-state index in [1.807, 2.05) is 6.07 Å². The van der Waals surface area contributed by atoms with Crippen LogP contribution in [0.2, 0.25) is 0 Å². The van der Waals surface area contributed by atoms with E-state index in [4.69, 9.17) is 4.74 Å². The maximum absolute atomic E-state index is 15.1. The van der Waals surface area contributed by atoms with Crippen molar-refractivity contribution in [2.24, 2.45) is 0 Å². The number of aromatic nitrogens is 3. The summed E-state index contributed by atoms with van der Waals surface area (Å²) >= 11 is 0. The number of benzene rings is 2. The van der Waals surface area contributed by atoms with E-state index in [1.165, 1.54) is 29.1 Å². The number of rotatable bonds is 9. The number of amides is 2. The molecule has 1 fully saturated rings. The zero-order valence-electron chi connectivity index (χ0n) is 24.3. The SMILES string of the molecule is Cc1c(C(=O)Cc2ccc(Oc3ccnc(NC(=O)N4CCCC4)c3)c(F)c2)c(=O)n(-c2ccccc2)n1CC(C)(C)O. The Morgan fingerprint density at radius 2 is 1.79 bits per heavy atom. The molecule has 43 heavy (non-hydrogen) atoms. The van der Waals surface area contributed by atoms with Gasteiger partial charge in [0.1, 0.15) is 17.1 Å². The van der Waals surface area contributed by atoms with E-state index < -0.39 is 22.8 Å². The summed E-state index contributed by atoms with van der Waals surface area (Å²) in [6, 6.07) is 15.8. The highest BCUT2D eigenvalue weighted by molar-refractivity contribution is 5.98. The molecular weight excluding hydrogens is 553 g/mol. The number of halogens is 1. The van der Waals surface area contributed by atoms with Gasteiger partial charge in [-0.1, -0.05) is 24.3 Å². The first-order valence-electron chi connectivity index (χ1n) is 14.1. The van der Waals surface area contributed by atoms with Gasteiger partial charge < -0.3 is 14.7 Å². The van der Waals surface area contributed by atoms with E-state index in [1.54, 1.807) is 66.8 Å². The number of likely N-dealkylation sites (tertiary alicyclic amines) is 1. The fourth-order valence-electron chi connectivity index (χ4n) is 5.14. The van der Waals surface area contributed by atoms with Crippen molar-refractivity contribution >= 4 is 17.6 Å². The van der Waals surface area contributed by atoms with E-state index in [2.05, 4.69) is 10.3 Å². The number of carbonyl (C=O) groups is 2. The fraction of sp³-hybridized carbons (Fsp3) is 0.312. The van der Waals surface area contributed by atoms with E-state index in [9.17, 15) is 19.5 Å². The molecule has 0 unspecified atom stereocenters. The molecule has 2 aromatic heterocycles. The fourth-order valence-corrected chi connectivity index (χ4v) is 5.14. The van der Waals surface area contributed by atoms with Crippen LogP contribution in [0, 0.1) is 12.7 Å². The molecule has 0 bridgehead atoms. The Balaban J connectivity index is 1.34. The van der Waals surface area contributed by atoms with Crippen molar-refractivity contribution in [2.45, 2.75) is 52.2 Å². The molecule has 4 aromatic rings. The molecule has 11 heteroatoms. The van der Waals surface area contributed by atoms with Crippen LogP contribution in [0.4, 0.5) is 15.0 Å². The lowest BCUT2D eigenvalue weighted by Gasteiger charge is -2.22. The first-order chi connectivity index (χ1) is 20.5. The van der Waals surface area contributed by atoms with Gasteiger partial charge in [-0.2, -0.15) is 0 Å². The van der Waals surface area contributed by atoms with Crippen LogP contribution in [0.3, 0.4) is 0 Å². The summed E-state index contributed by atoms with van der Waals surface area (Å²) in [5.41, 5.74) is -0.351. The lowest BCUT2D eigenvalue weighted by Crippen LogP contribution is -2.32. The Morgan fingerprint density at radius 1 is 1.07 bits per heavy atom. The van der Waals surface area contributed by atoms with E-state index in [-0.39, 0.29) is 41.9 Å². The zero-order valence-corrected chi connectivity index (χ0v) is 24.3. The van der Waals surface area contributed by atoms with Gasteiger partial charge in [-0.3, -0.25) is 19.6 Å². The van der Waals surface area contributed by atoms with Crippen LogP contribution < -0.4 is 15.6 Å². The second-order valence-electron chi connectivity index (χ2n) is 11.3. The second kappa shape index (κ2) is 12.2. The number of Topliss-reactive ketones (excluding diaryl/α,β-unsaturated/α-hetero) is 1. The van der Waals surface area contributed by atoms with Crippen molar-refractivity contribution in [2.75, 3.05) is 18.4 Å². The molecule has 3 heterocycles. The number of anilines is 1. The molecule has 0 spiro atoms. The number of ether oxygens (including phenoxy) is 1. The van der Waals surface area contributed by atoms with Crippen molar-refractivity contribution in [3.8, 4) is 17.2 Å². The predicted molar refractivity (Wildman–Crippen MR) is 160 cm³/mol. The van der Waals surface area contributed by atoms with Gasteiger partial charge >= 0.3 is 6.03 Å². The highest BCUT2D eigenvalue weighted by atomic mass is 19.1. The van der Waals surface area contributed by atoms with Crippen LogP contribution in [0.25, 0.3) is 5.69 Å². The molecule has 1 saturated heterocycles. The number of urea groups is 1. The monoisotopic (exact) mass is 587 g/mol. The van der Waals surface area contributed by atoms with E-state index in [0.717, 1.165) is 12.8 Å². The third kappa shape index (κ3) is 6.83. The van der Waals surface area contributed by atoms with Gasteiger partial charge in [0.05, 0.1) is 17.8 Å². The standard InChI is InChI=1S/C32H34FN5O5/c1-21-29(30(40)38(23-9-5-4-6-10-23)37(21)20-32(2,3)42)26(39)18-22-11-12-27(25(33)17-22)43-24-13-14-34-28(19-24)35-31(41)36-15-7-8-16-36/h4-6,9-14,17,19,42H,7-8,15-16,18,20H2,1-3H3,(H,34,35,41). The average Bonchev–Trinajstić information content (AvgIpc) is 3.57. The largest absolute Gasteiger partial charge is 0.454 e. The van der Waals surface area contributed by atoms with Crippen LogP contribution >= 0.6 is 0 Å². The van der Waals surface area contributed by atoms with Crippen LogP contribution in [0.1, 0.15) is 48.3 Å². The van der Waals surface area contributed by atoms with Gasteiger partial charge in [0.25, 0.3) is 5.56 Å². The molecule has 0 radical (unpaired) electrons. The van der Waals surface area contributed by atoms with E-state index in [0.29, 0.717) is 30.0 Å². The van der Waals surface area contributed by atoms with Crippen molar-refractivity contribution in [3.05, 3.63) is 99.9 Å². The molecule has 0 atom stereocenters. The van der Waals surface area contributed by atoms with Gasteiger partial charge in [-0.15, -0.1) is 0 Å². The number of pyridine rings is 1. The highest BCUT2D eigenvalue weighted by Crippen LogP contribution is 2.27.